The molecule has 0 spiro atoms. The first kappa shape index (κ1) is 20.5. The molecule has 0 radical (unpaired) electrons. The maximum atomic E-state index is 14.1. The third-order valence-electron chi connectivity index (χ3n) is 4.52. The number of ether oxygens (including phenoxy) is 1. The van der Waals surface area contributed by atoms with Crippen molar-refractivity contribution in [1.29, 1.82) is 0 Å². The molecule has 154 valence electrons. The number of H-pyrrole nitrogens is 1. The van der Waals surface area contributed by atoms with Gasteiger partial charge in [-0.15, -0.1) is 0 Å². The summed E-state index contributed by atoms with van der Waals surface area (Å²) in [7, 11) is -3.12. The standard InChI is InChI=1S/C16H16F5N3O3S/c1-27-7-8-4-11(17)15(23-14(8)18)24-28(25,26)13-6-22-12-5-9(16(19,20)21)2-3-10(12)13/h4,6,9,22H,2-3,5,7H2,1H3,(H,23,24). The fourth-order valence-electron chi connectivity index (χ4n) is 3.13. The number of hydrogen-bond acceptors (Lipinski definition) is 4. The lowest BCUT2D eigenvalue weighted by molar-refractivity contribution is -0.177. The van der Waals surface area contributed by atoms with Crippen molar-refractivity contribution in [2.24, 2.45) is 5.92 Å². The molecule has 2 heterocycles. The number of anilines is 1. The Labute approximate surface area is 157 Å². The normalized spacial score (nSPS) is 17.4. The van der Waals surface area contributed by atoms with E-state index in [2.05, 4.69) is 14.7 Å². The van der Waals surface area contributed by atoms with Crippen molar-refractivity contribution in [2.75, 3.05) is 11.8 Å². The smallest absolute Gasteiger partial charge is 0.380 e. The molecular formula is C16H16F5N3O3S. The monoisotopic (exact) mass is 425 g/mol. The molecular weight excluding hydrogens is 409 g/mol. The Morgan fingerprint density at radius 3 is 2.71 bits per heavy atom. The predicted octanol–water partition coefficient (Wildman–Crippen LogP) is 3.30. The SMILES string of the molecule is COCc1cc(F)c(NS(=O)(=O)c2c[nH]c3c2CCC(C(F)(F)F)C3)nc1F. The Morgan fingerprint density at radius 1 is 1.36 bits per heavy atom. The molecule has 1 aliphatic rings. The number of rotatable bonds is 5. The highest BCUT2D eigenvalue weighted by atomic mass is 32.2. The Hall–Kier alpha value is -2.21. The van der Waals surface area contributed by atoms with Gasteiger partial charge in [0.1, 0.15) is 4.90 Å². The van der Waals surface area contributed by atoms with Crippen LogP contribution in [0.25, 0.3) is 0 Å². The molecule has 6 nitrogen and oxygen atoms in total. The van der Waals surface area contributed by atoms with Crippen LogP contribution in [0.3, 0.4) is 0 Å². The van der Waals surface area contributed by atoms with E-state index in [-0.39, 0.29) is 47.6 Å². The number of nitrogens with zero attached hydrogens (tertiary/aromatic N) is 1. The van der Waals surface area contributed by atoms with Crippen molar-refractivity contribution < 1.29 is 35.1 Å². The van der Waals surface area contributed by atoms with E-state index in [4.69, 9.17) is 0 Å². The number of aromatic amines is 1. The zero-order chi connectivity index (χ0) is 20.7. The lowest BCUT2D eigenvalue weighted by Crippen LogP contribution is -2.29. The number of pyridine rings is 1. The van der Waals surface area contributed by atoms with Crippen LogP contribution < -0.4 is 4.72 Å². The fraction of sp³-hybridized carbons (Fsp3) is 0.438. The van der Waals surface area contributed by atoms with Crippen LogP contribution in [0.2, 0.25) is 0 Å². The van der Waals surface area contributed by atoms with Gasteiger partial charge in [-0.1, -0.05) is 0 Å². The molecule has 0 bridgehead atoms. The van der Waals surface area contributed by atoms with Crippen molar-refractivity contribution >= 4 is 15.8 Å². The summed E-state index contributed by atoms with van der Waals surface area (Å²) in [6.07, 6.45) is -4.09. The maximum absolute atomic E-state index is 14.1. The van der Waals surface area contributed by atoms with Crippen molar-refractivity contribution in [3.8, 4) is 0 Å². The van der Waals surface area contributed by atoms with Crippen LogP contribution in [-0.4, -0.2) is 31.7 Å². The van der Waals surface area contributed by atoms with E-state index in [1.54, 1.807) is 0 Å². The van der Waals surface area contributed by atoms with Crippen LogP contribution in [0.1, 0.15) is 23.2 Å². The van der Waals surface area contributed by atoms with Gasteiger partial charge in [0, 0.05) is 24.6 Å². The third-order valence-corrected chi connectivity index (χ3v) is 5.92. The van der Waals surface area contributed by atoms with Crippen molar-refractivity contribution in [3.05, 3.63) is 40.8 Å². The van der Waals surface area contributed by atoms with Crippen LogP contribution >= 0.6 is 0 Å². The molecule has 1 atom stereocenters. The van der Waals surface area contributed by atoms with Crippen molar-refractivity contribution in [1.82, 2.24) is 9.97 Å². The van der Waals surface area contributed by atoms with Gasteiger partial charge in [0.05, 0.1) is 12.5 Å². The van der Waals surface area contributed by atoms with Gasteiger partial charge in [-0.05, 0) is 30.9 Å². The van der Waals surface area contributed by atoms with E-state index >= 15 is 0 Å². The van der Waals surface area contributed by atoms with Gasteiger partial charge in [0.25, 0.3) is 10.0 Å². The molecule has 28 heavy (non-hydrogen) atoms. The first-order chi connectivity index (χ1) is 13.0. The molecule has 0 saturated carbocycles. The van der Waals surface area contributed by atoms with E-state index in [9.17, 15) is 30.4 Å². The molecule has 0 amide bonds. The molecule has 0 aromatic carbocycles. The molecule has 2 aromatic rings. The number of sulfonamides is 1. The molecule has 1 aliphatic carbocycles. The average Bonchev–Trinajstić information content (AvgIpc) is 3.02. The lowest BCUT2D eigenvalue weighted by Gasteiger charge is -2.25. The van der Waals surface area contributed by atoms with Gasteiger partial charge in [-0.2, -0.15) is 22.5 Å². The first-order valence-electron chi connectivity index (χ1n) is 8.15. The highest BCUT2D eigenvalue weighted by molar-refractivity contribution is 7.92. The first-order valence-corrected chi connectivity index (χ1v) is 9.63. The summed E-state index contributed by atoms with van der Waals surface area (Å²) in [6.45, 7) is -0.255. The molecule has 0 saturated heterocycles. The minimum absolute atomic E-state index is 0.115. The summed E-state index contributed by atoms with van der Waals surface area (Å²) in [5.41, 5.74) is 0.161. The number of halogens is 5. The topological polar surface area (TPSA) is 84.1 Å². The van der Waals surface area contributed by atoms with Crippen LogP contribution in [-0.2, 0) is 34.2 Å². The van der Waals surface area contributed by atoms with Crippen LogP contribution in [0, 0.1) is 17.7 Å². The minimum Gasteiger partial charge on any atom is -0.380 e. The highest BCUT2D eigenvalue weighted by Crippen LogP contribution is 2.38. The van der Waals surface area contributed by atoms with Crippen molar-refractivity contribution in [2.45, 2.75) is 36.9 Å². The van der Waals surface area contributed by atoms with Gasteiger partial charge < -0.3 is 9.72 Å². The quantitative estimate of drug-likeness (QED) is 0.569. The summed E-state index contributed by atoms with van der Waals surface area (Å²) < 4.78 is 98.3. The molecule has 0 aliphatic heterocycles. The van der Waals surface area contributed by atoms with Gasteiger partial charge in [0.15, 0.2) is 11.6 Å². The van der Waals surface area contributed by atoms with E-state index in [1.807, 2.05) is 4.72 Å². The Morgan fingerprint density at radius 2 is 2.07 bits per heavy atom. The fourth-order valence-corrected chi connectivity index (χ4v) is 4.40. The highest BCUT2D eigenvalue weighted by Gasteiger charge is 2.42. The van der Waals surface area contributed by atoms with Gasteiger partial charge in [0.2, 0.25) is 5.95 Å². The molecule has 3 rings (SSSR count). The second-order valence-corrected chi connectivity index (χ2v) is 8.05. The van der Waals surface area contributed by atoms with Gasteiger partial charge >= 0.3 is 6.18 Å². The maximum Gasteiger partial charge on any atom is 0.392 e. The summed E-state index contributed by atoms with van der Waals surface area (Å²) >= 11 is 0. The summed E-state index contributed by atoms with van der Waals surface area (Å²) in [4.78, 5) is 5.51. The second-order valence-electron chi connectivity index (χ2n) is 6.40. The molecule has 1 unspecified atom stereocenters. The van der Waals surface area contributed by atoms with E-state index in [0.717, 1.165) is 12.3 Å². The molecule has 2 aromatic heterocycles. The number of alkyl halides is 3. The van der Waals surface area contributed by atoms with Crippen LogP contribution in [0.4, 0.5) is 27.8 Å². The number of hydrogen-bond donors (Lipinski definition) is 2. The molecule has 0 fully saturated rings. The minimum atomic E-state index is -4.39. The second kappa shape index (κ2) is 7.32. The number of methoxy groups -OCH3 is 1. The lowest BCUT2D eigenvalue weighted by atomic mass is 9.87. The number of aromatic nitrogens is 2. The number of fused-ring (bicyclic) bond motifs is 1. The van der Waals surface area contributed by atoms with Crippen LogP contribution in [0.15, 0.2) is 17.2 Å². The molecule has 12 heteroatoms. The van der Waals surface area contributed by atoms with E-state index in [0.29, 0.717) is 0 Å². The zero-order valence-electron chi connectivity index (χ0n) is 14.5. The third kappa shape index (κ3) is 3.97. The van der Waals surface area contributed by atoms with E-state index in [1.165, 1.54) is 7.11 Å². The Kier molecular flexibility index (Phi) is 5.36. The van der Waals surface area contributed by atoms with Gasteiger partial charge in [-0.3, -0.25) is 4.72 Å². The summed E-state index contributed by atoms with van der Waals surface area (Å²) in [5, 5.41) is 0. The van der Waals surface area contributed by atoms with E-state index < -0.39 is 39.7 Å². The van der Waals surface area contributed by atoms with Crippen LogP contribution in [0.5, 0.6) is 0 Å². The number of nitrogens with one attached hydrogen (secondary N) is 2. The zero-order valence-corrected chi connectivity index (χ0v) is 15.3. The summed E-state index contributed by atoms with van der Waals surface area (Å²) in [5.74, 6) is -4.64. The van der Waals surface area contributed by atoms with Gasteiger partial charge in [-0.25, -0.2) is 12.8 Å². The predicted molar refractivity (Wildman–Crippen MR) is 88.0 cm³/mol. The van der Waals surface area contributed by atoms with Crippen molar-refractivity contribution in [3.63, 3.8) is 0 Å². The average molecular weight is 425 g/mol. The molecule has 2 N–H and O–H groups in total. The Balaban J connectivity index is 1.88. The Bertz CT molecular complexity index is 988. The largest absolute Gasteiger partial charge is 0.392 e. The summed E-state index contributed by atoms with van der Waals surface area (Å²) in [6, 6.07) is 0.754.